The van der Waals surface area contributed by atoms with Crippen LogP contribution in [0.3, 0.4) is 0 Å². The first kappa shape index (κ1) is 13.7. The quantitative estimate of drug-likeness (QED) is 0.755. The van der Waals surface area contributed by atoms with E-state index in [1.807, 2.05) is 6.92 Å². The summed E-state index contributed by atoms with van der Waals surface area (Å²) in [7, 11) is 0. The molecular weight excluding hydrogens is 233 g/mol. The van der Waals surface area contributed by atoms with Gasteiger partial charge < -0.3 is 10.6 Å². The lowest BCUT2D eigenvalue weighted by Gasteiger charge is -2.08. The molecule has 1 aromatic heterocycles. The van der Waals surface area contributed by atoms with Crippen LogP contribution >= 0.6 is 0 Å². The molecule has 96 valence electrons. The SMILES string of the molecule is CCNCCCNc1nccc(C(F)(F)F)n1. The number of nitrogens with one attached hydrogen (secondary N) is 2. The van der Waals surface area contributed by atoms with Gasteiger partial charge in [-0.2, -0.15) is 13.2 Å². The maximum Gasteiger partial charge on any atom is 0.433 e. The number of halogens is 3. The number of aromatic nitrogens is 2. The van der Waals surface area contributed by atoms with Crippen LogP contribution < -0.4 is 10.6 Å². The van der Waals surface area contributed by atoms with Crippen molar-refractivity contribution in [2.24, 2.45) is 0 Å². The fourth-order valence-electron chi connectivity index (χ4n) is 1.19. The summed E-state index contributed by atoms with van der Waals surface area (Å²) >= 11 is 0. The molecule has 0 spiro atoms. The zero-order valence-corrected chi connectivity index (χ0v) is 9.51. The van der Waals surface area contributed by atoms with Crippen molar-refractivity contribution in [3.8, 4) is 0 Å². The molecule has 0 saturated carbocycles. The van der Waals surface area contributed by atoms with Crippen molar-refractivity contribution in [1.82, 2.24) is 15.3 Å². The lowest BCUT2D eigenvalue weighted by atomic mass is 10.4. The smallest absolute Gasteiger partial charge is 0.354 e. The Kier molecular flexibility index (Phi) is 5.14. The normalized spacial score (nSPS) is 11.5. The van der Waals surface area contributed by atoms with Gasteiger partial charge in [0.1, 0.15) is 5.69 Å². The minimum absolute atomic E-state index is 0.0105. The highest BCUT2D eigenvalue weighted by atomic mass is 19.4. The maximum atomic E-state index is 12.3. The van der Waals surface area contributed by atoms with Crippen molar-refractivity contribution in [2.45, 2.75) is 19.5 Å². The summed E-state index contributed by atoms with van der Waals surface area (Å²) < 4.78 is 37.0. The zero-order chi connectivity index (χ0) is 12.7. The van der Waals surface area contributed by atoms with Crippen LogP contribution in [0.25, 0.3) is 0 Å². The number of anilines is 1. The first-order chi connectivity index (χ1) is 8.04. The molecule has 0 bridgehead atoms. The van der Waals surface area contributed by atoms with Crippen LogP contribution in [0, 0.1) is 0 Å². The fraction of sp³-hybridized carbons (Fsp3) is 0.600. The number of alkyl halides is 3. The Morgan fingerprint density at radius 2 is 2.06 bits per heavy atom. The van der Waals surface area contributed by atoms with Crippen molar-refractivity contribution < 1.29 is 13.2 Å². The summed E-state index contributed by atoms with van der Waals surface area (Å²) in [5, 5.41) is 5.86. The summed E-state index contributed by atoms with van der Waals surface area (Å²) in [6.07, 6.45) is -2.53. The van der Waals surface area contributed by atoms with Gasteiger partial charge in [0.15, 0.2) is 0 Å². The largest absolute Gasteiger partial charge is 0.433 e. The number of hydrogen-bond donors (Lipinski definition) is 2. The summed E-state index contributed by atoms with van der Waals surface area (Å²) in [5.74, 6) is 0.0105. The molecule has 0 aromatic carbocycles. The molecule has 0 aliphatic carbocycles. The number of rotatable bonds is 6. The Balaban J connectivity index is 2.44. The average molecular weight is 248 g/mol. The molecule has 0 aliphatic heterocycles. The average Bonchev–Trinajstić information content (AvgIpc) is 2.28. The predicted octanol–water partition coefficient (Wildman–Crippen LogP) is 1.91. The van der Waals surface area contributed by atoms with Gasteiger partial charge in [0.25, 0.3) is 0 Å². The second-order valence-electron chi connectivity index (χ2n) is 3.40. The molecule has 4 nitrogen and oxygen atoms in total. The van der Waals surface area contributed by atoms with Gasteiger partial charge in [0, 0.05) is 12.7 Å². The van der Waals surface area contributed by atoms with E-state index in [1.165, 1.54) is 0 Å². The number of hydrogen-bond acceptors (Lipinski definition) is 4. The molecule has 7 heteroatoms. The number of nitrogens with zero attached hydrogens (tertiary/aromatic N) is 2. The minimum atomic E-state index is -4.43. The summed E-state index contributed by atoms with van der Waals surface area (Å²) in [4.78, 5) is 7.12. The van der Waals surface area contributed by atoms with Crippen molar-refractivity contribution in [3.63, 3.8) is 0 Å². The lowest BCUT2D eigenvalue weighted by molar-refractivity contribution is -0.141. The molecule has 0 amide bonds. The third kappa shape index (κ3) is 4.99. The topological polar surface area (TPSA) is 49.8 Å². The first-order valence-electron chi connectivity index (χ1n) is 5.39. The molecule has 0 unspecified atom stereocenters. The molecule has 0 saturated heterocycles. The van der Waals surface area contributed by atoms with E-state index in [2.05, 4.69) is 20.6 Å². The van der Waals surface area contributed by atoms with Gasteiger partial charge in [-0.15, -0.1) is 0 Å². The van der Waals surface area contributed by atoms with Crippen LogP contribution in [0.1, 0.15) is 19.0 Å². The summed E-state index contributed by atoms with van der Waals surface area (Å²) in [5.41, 5.74) is -0.929. The third-order valence-electron chi connectivity index (χ3n) is 2.01. The Bertz CT molecular complexity index is 341. The van der Waals surface area contributed by atoms with Crippen LogP contribution in [-0.4, -0.2) is 29.6 Å². The van der Waals surface area contributed by atoms with Crippen LogP contribution in [-0.2, 0) is 6.18 Å². The predicted molar refractivity (Wildman–Crippen MR) is 58.7 cm³/mol. The maximum absolute atomic E-state index is 12.3. The minimum Gasteiger partial charge on any atom is -0.354 e. The van der Waals surface area contributed by atoms with Gasteiger partial charge in [-0.3, -0.25) is 0 Å². The van der Waals surface area contributed by atoms with Gasteiger partial charge in [0.2, 0.25) is 5.95 Å². The van der Waals surface area contributed by atoms with E-state index in [0.29, 0.717) is 6.54 Å². The van der Waals surface area contributed by atoms with E-state index in [9.17, 15) is 13.2 Å². The fourth-order valence-corrected chi connectivity index (χ4v) is 1.19. The van der Waals surface area contributed by atoms with Gasteiger partial charge in [-0.25, -0.2) is 9.97 Å². The van der Waals surface area contributed by atoms with E-state index in [1.54, 1.807) is 0 Å². The first-order valence-corrected chi connectivity index (χ1v) is 5.39. The van der Waals surface area contributed by atoms with Crippen molar-refractivity contribution in [2.75, 3.05) is 25.0 Å². The van der Waals surface area contributed by atoms with E-state index >= 15 is 0 Å². The zero-order valence-electron chi connectivity index (χ0n) is 9.51. The Morgan fingerprint density at radius 1 is 1.29 bits per heavy atom. The molecule has 0 fully saturated rings. The Labute approximate surface area is 97.7 Å². The molecule has 2 N–H and O–H groups in total. The highest BCUT2D eigenvalue weighted by Gasteiger charge is 2.32. The van der Waals surface area contributed by atoms with Gasteiger partial charge in [-0.1, -0.05) is 6.92 Å². The molecule has 1 aromatic rings. The van der Waals surface area contributed by atoms with E-state index in [-0.39, 0.29) is 5.95 Å². The molecule has 0 radical (unpaired) electrons. The van der Waals surface area contributed by atoms with Gasteiger partial charge >= 0.3 is 6.18 Å². The van der Waals surface area contributed by atoms with Crippen LogP contribution in [0.15, 0.2) is 12.3 Å². The van der Waals surface area contributed by atoms with Crippen LogP contribution in [0.5, 0.6) is 0 Å². The second-order valence-corrected chi connectivity index (χ2v) is 3.40. The highest BCUT2D eigenvalue weighted by Crippen LogP contribution is 2.27. The molecular formula is C10H15F3N4. The molecule has 0 aliphatic rings. The summed E-state index contributed by atoms with van der Waals surface area (Å²) in [6.45, 7) is 4.21. The molecule has 1 heterocycles. The molecule has 17 heavy (non-hydrogen) atoms. The monoisotopic (exact) mass is 248 g/mol. The lowest BCUT2D eigenvalue weighted by Crippen LogP contribution is -2.18. The van der Waals surface area contributed by atoms with Crippen molar-refractivity contribution in [1.29, 1.82) is 0 Å². The van der Waals surface area contributed by atoms with E-state index in [4.69, 9.17) is 0 Å². The second kappa shape index (κ2) is 6.39. The van der Waals surface area contributed by atoms with Crippen LogP contribution in [0.2, 0.25) is 0 Å². The Hall–Kier alpha value is -1.37. The van der Waals surface area contributed by atoms with Gasteiger partial charge in [-0.05, 0) is 25.6 Å². The van der Waals surface area contributed by atoms with Crippen LogP contribution in [0.4, 0.5) is 19.1 Å². The molecule has 0 atom stereocenters. The van der Waals surface area contributed by atoms with Gasteiger partial charge in [0.05, 0.1) is 0 Å². The van der Waals surface area contributed by atoms with E-state index < -0.39 is 11.9 Å². The van der Waals surface area contributed by atoms with E-state index in [0.717, 1.165) is 31.8 Å². The summed E-state index contributed by atoms with van der Waals surface area (Å²) in [6, 6.07) is 0.851. The molecule has 1 rings (SSSR count). The standard InChI is InChI=1S/C10H15F3N4/c1-2-14-5-3-6-15-9-16-7-4-8(17-9)10(11,12)13/h4,7,14H,2-3,5-6H2,1H3,(H,15,16,17). The Morgan fingerprint density at radius 3 is 2.71 bits per heavy atom. The third-order valence-corrected chi connectivity index (χ3v) is 2.01. The highest BCUT2D eigenvalue weighted by molar-refractivity contribution is 5.25. The van der Waals surface area contributed by atoms with Crippen molar-refractivity contribution >= 4 is 5.95 Å². The van der Waals surface area contributed by atoms with Crippen molar-refractivity contribution in [3.05, 3.63) is 18.0 Å².